The topological polar surface area (TPSA) is 46.5 Å². The largest absolute Gasteiger partial charge is 0.417 e. The Hall–Kier alpha value is -0.620. The third-order valence-electron chi connectivity index (χ3n) is 9.86. The maximum Gasteiger partial charge on any atom is 0.417 e. The second kappa shape index (κ2) is 6.94. The van der Waals surface area contributed by atoms with Gasteiger partial charge in [0.1, 0.15) is 5.78 Å². The molecule has 4 rings (SSSR count). The molecule has 1 unspecified atom stereocenters. The summed E-state index contributed by atoms with van der Waals surface area (Å²) in [5.74, 6) is 1.55. The first-order chi connectivity index (χ1) is 13.5. The summed E-state index contributed by atoms with van der Waals surface area (Å²) in [7, 11) is 1.65. The number of fused-ring (bicyclic) bond motifs is 5. The fraction of sp³-hybridized carbons (Fsp3) is 0.957. The quantitative estimate of drug-likeness (QED) is 0.692. The minimum Gasteiger partial charge on any atom is -0.384 e. The van der Waals surface area contributed by atoms with E-state index in [1.165, 1.54) is 0 Å². The molecule has 0 aromatic rings. The van der Waals surface area contributed by atoms with Crippen LogP contribution in [0.4, 0.5) is 13.2 Å². The first-order valence-corrected chi connectivity index (χ1v) is 11.3. The molecule has 4 aliphatic carbocycles. The van der Waals surface area contributed by atoms with Gasteiger partial charge in [-0.2, -0.15) is 13.2 Å². The predicted octanol–water partition coefficient (Wildman–Crippen LogP) is 5.15. The van der Waals surface area contributed by atoms with Crippen LogP contribution in [0.5, 0.6) is 0 Å². The van der Waals surface area contributed by atoms with Gasteiger partial charge in [-0.1, -0.05) is 6.92 Å². The van der Waals surface area contributed by atoms with Crippen LogP contribution in [0.2, 0.25) is 0 Å². The SMILES string of the molecule is COC[C@]12CC[C@](O)(C(F)(F)F)C[C@H]1CC[C@@H]1[C@@H]2CC[C@]2(C)C(C(C)=O)CC[C@@H]12. The molecule has 0 heterocycles. The number of alkyl halides is 3. The number of carbonyl (C=O) groups is 1. The summed E-state index contributed by atoms with van der Waals surface area (Å²) in [5, 5.41) is 10.4. The molecular weight excluding hydrogens is 381 g/mol. The number of carbonyl (C=O) groups excluding carboxylic acids is 1. The van der Waals surface area contributed by atoms with Crippen LogP contribution >= 0.6 is 0 Å². The van der Waals surface area contributed by atoms with E-state index in [-0.39, 0.29) is 35.5 Å². The van der Waals surface area contributed by atoms with Crippen molar-refractivity contribution in [2.45, 2.75) is 83.4 Å². The number of aliphatic hydroxyl groups is 1. The summed E-state index contributed by atoms with van der Waals surface area (Å²) < 4.78 is 46.3. The van der Waals surface area contributed by atoms with Crippen molar-refractivity contribution in [3.8, 4) is 0 Å². The van der Waals surface area contributed by atoms with Crippen molar-refractivity contribution in [2.75, 3.05) is 13.7 Å². The third kappa shape index (κ3) is 3.02. The van der Waals surface area contributed by atoms with E-state index in [0.29, 0.717) is 36.6 Å². The van der Waals surface area contributed by atoms with Gasteiger partial charge in [0, 0.05) is 13.0 Å². The molecule has 8 atom stereocenters. The normalized spacial score (nSPS) is 49.8. The van der Waals surface area contributed by atoms with Crippen LogP contribution in [0.3, 0.4) is 0 Å². The lowest BCUT2D eigenvalue weighted by atomic mass is 9.43. The number of ketones is 1. The Morgan fingerprint density at radius 1 is 1.07 bits per heavy atom. The van der Waals surface area contributed by atoms with E-state index >= 15 is 0 Å². The second-order valence-corrected chi connectivity index (χ2v) is 10.8. The van der Waals surface area contributed by atoms with Crippen molar-refractivity contribution in [2.24, 2.45) is 40.4 Å². The first kappa shape index (κ1) is 21.6. The van der Waals surface area contributed by atoms with E-state index in [4.69, 9.17) is 4.74 Å². The zero-order valence-corrected chi connectivity index (χ0v) is 17.9. The molecule has 3 nitrogen and oxygen atoms in total. The Labute approximate surface area is 171 Å². The van der Waals surface area contributed by atoms with Crippen molar-refractivity contribution in [1.29, 1.82) is 0 Å². The van der Waals surface area contributed by atoms with Crippen LogP contribution in [-0.2, 0) is 9.53 Å². The number of hydrogen-bond acceptors (Lipinski definition) is 3. The van der Waals surface area contributed by atoms with Gasteiger partial charge in [-0.3, -0.25) is 4.79 Å². The van der Waals surface area contributed by atoms with Gasteiger partial charge < -0.3 is 9.84 Å². The molecule has 6 heteroatoms. The zero-order chi connectivity index (χ0) is 21.2. The lowest BCUT2D eigenvalue weighted by Gasteiger charge is -2.62. The Morgan fingerprint density at radius 3 is 2.41 bits per heavy atom. The Morgan fingerprint density at radius 2 is 1.79 bits per heavy atom. The summed E-state index contributed by atoms with van der Waals surface area (Å²) >= 11 is 0. The van der Waals surface area contributed by atoms with Gasteiger partial charge in [-0.25, -0.2) is 0 Å². The molecule has 166 valence electrons. The molecule has 0 amide bonds. The van der Waals surface area contributed by atoms with E-state index in [2.05, 4.69) is 6.92 Å². The summed E-state index contributed by atoms with van der Waals surface area (Å²) in [5.41, 5.74) is -2.79. The molecule has 0 spiro atoms. The van der Waals surface area contributed by atoms with Gasteiger partial charge in [-0.05, 0) is 99.2 Å². The Bertz CT molecular complexity index is 664. The summed E-state index contributed by atoms with van der Waals surface area (Å²) in [6, 6.07) is 0. The number of Topliss-reactive ketones (excluding diaryl/α,β-unsaturated/α-hetero) is 1. The Kier molecular flexibility index (Phi) is 5.17. The molecule has 0 aromatic carbocycles. The van der Waals surface area contributed by atoms with E-state index in [1.54, 1.807) is 14.0 Å². The molecule has 0 aliphatic heterocycles. The maximum atomic E-state index is 13.6. The van der Waals surface area contributed by atoms with Crippen LogP contribution in [0.15, 0.2) is 0 Å². The average molecular weight is 417 g/mol. The van der Waals surface area contributed by atoms with Crippen LogP contribution in [0.1, 0.15) is 71.6 Å². The monoisotopic (exact) mass is 416 g/mol. The highest BCUT2D eigenvalue weighted by molar-refractivity contribution is 5.79. The number of methoxy groups -OCH3 is 1. The van der Waals surface area contributed by atoms with E-state index < -0.39 is 11.8 Å². The van der Waals surface area contributed by atoms with Gasteiger partial charge in [0.2, 0.25) is 0 Å². The number of rotatable bonds is 3. The maximum absolute atomic E-state index is 13.6. The van der Waals surface area contributed by atoms with E-state index in [9.17, 15) is 23.1 Å². The predicted molar refractivity (Wildman–Crippen MR) is 103 cm³/mol. The third-order valence-corrected chi connectivity index (χ3v) is 9.86. The highest BCUT2D eigenvalue weighted by Gasteiger charge is 2.66. The molecule has 29 heavy (non-hydrogen) atoms. The van der Waals surface area contributed by atoms with Crippen LogP contribution in [-0.4, -0.2) is 36.4 Å². The lowest BCUT2D eigenvalue weighted by Crippen LogP contribution is -2.61. The van der Waals surface area contributed by atoms with E-state index in [1.807, 2.05) is 0 Å². The molecule has 4 saturated carbocycles. The van der Waals surface area contributed by atoms with Crippen molar-refractivity contribution in [3.05, 3.63) is 0 Å². The first-order valence-electron chi connectivity index (χ1n) is 11.3. The van der Waals surface area contributed by atoms with Crippen LogP contribution in [0, 0.1) is 40.4 Å². The van der Waals surface area contributed by atoms with Gasteiger partial charge in [-0.15, -0.1) is 0 Å². The van der Waals surface area contributed by atoms with Gasteiger partial charge in [0.05, 0.1) is 6.61 Å². The van der Waals surface area contributed by atoms with Crippen molar-refractivity contribution >= 4 is 5.78 Å². The average Bonchev–Trinajstić information content (AvgIpc) is 2.99. The van der Waals surface area contributed by atoms with E-state index in [0.717, 1.165) is 38.5 Å². The highest BCUT2D eigenvalue weighted by Crippen LogP contribution is 2.68. The smallest absolute Gasteiger partial charge is 0.384 e. The van der Waals surface area contributed by atoms with Crippen LogP contribution < -0.4 is 0 Å². The fourth-order valence-corrected chi connectivity index (χ4v) is 8.52. The highest BCUT2D eigenvalue weighted by atomic mass is 19.4. The molecule has 4 fully saturated rings. The molecular formula is C23H35F3O3. The van der Waals surface area contributed by atoms with Crippen LogP contribution in [0.25, 0.3) is 0 Å². The minimum atomic E-state index is -4.58. The number of ether oxygens (including phenoxy) is 1. The second-order valence-electron chi connectivity index (χ2n) is 10.8. The zero-order valence-electron chi connectivity index (χ0n) is 17.9. The molecule has 1 N–H and O–H groups in total. The number of hydrogen-bond donors (Lipinski definition) is 1. The summed E-state index contributed by atoms with van der Waals surface area (Å²) in [4.78, 5) is 12.3. The van der Waals surface area contributed by atoms with Crippen molar-refractivity contribution in [1.82, 2.24) is 0 Å². The molecule has 0 bridgehead atoms. The van der Waals surface area contributed by atoms with Gasteiger partial charge in [0.15, 0.2) is 5.60 Å². The minimum absolute atomic E-state index is 0.0372. The fourth-order valence-electron chi connectivity index (χ4n) is 8.52. The molecule has 0 aromatic heterocycles. The molecule has 0 radical (unpaired) electrons. The van der Waals surface area contributed by atoms with Crippen molar-refractivity contribution in [3.63, 3.8) is 0 Å². The standard InChI is InChI=1S/C23H35F3O3/c1-14(27)17-6-7-18-16-5-4-15-12-22(28,23(24,25)26)11-10-21(15,13-29-3)19(16)8-9-20(17,18)2/h15-19,28H,4-13H2,1-3H3/t15-,16+,17?,18+,19+,20-,21-,22-/m1/s1. The molecule has 0 saturated heterocycles. The van der Waals surface area contributed by atoms with Crippen molar-refractivity contribution < 1.29 is 27.8 Å². The summed E-state index contributed by atoms with van der Waals surface area (Å²) in [6.07, 6.45) is 0.974. The summed E-state index contributed by atoms with van der Waals surface area (Å²) in [6.45, 7) is 4.48. The van der Waals surface area contributed by atoms with Gasteiger partial charge in [0.25, 0.3) is 0 Å². The lowest BCUT2D eigenvalue weighted by molar-refractivity contribution is -0.294. The molecule has 4 aliphatic rings. The van der Waals surface area contributed by atoms with Gasteiger partial charge >= 0.3 is 6.18 Å². The number of halogens is 3. The Balaban J connectivity index is 1.64.